The van der Waals surface area contributed by atoms with Gasteiger partial charge in [-0.2, -0.15) is 11.8 Å². The van der Waals surface area contributed by atoms with E-state index in [1.807, 2.05) is 25.6 Å². The standard InChI is InChI=1S/C10H22O2S/c1-9(2)12-6-5-11-7-8-13-10(3)4/h9-10H,5-8H2,1-4H3. The van der Waals surface area contributed by atoms with Gasteiger partial charge in [0.05, 0.1) is 25.9 Å². The molecule has 0 fully saturated rings. The molecule has 0 aromatic heterocycles. The second-order valence-electron chi connectivity index (χ2n) is 3.45. The maximum Gasteiger partial charge on any atom is 0.0703 e. The fourth-order valence-corrected chi connectivity index (χ4v) is 1.47. The van der Waals surface area contributed by atoms with E-state index in [2.05, 4.69) is 13.8 Å². The van der Waals surface area contributed by atoms with Gasteiger partial charge in [0.15, 0.2) is 0 Å². The van der Waals surface area contributed by atoms with Crippen molar-refractivity contribution in [1.82, 2.24) is 0 Å². The second kappa shape index (κ2) is 8.85. The lowest BCUT2D eigenvalue weighted by molar-refractivity contribution is 0.0237. The molecule has 0 heterocycles. The van der Waals surface area contributed by atoms with Crippen LogP contribution in [0.15, 0.2) is 0 Å². The molecule has 0 N–H and O–H groups in total. The quantitative estimate of drug-likeness (QED) is 0.569. The molecule has 0 saturated heterocycles. The zero-order valence-electron chi connectivity index (χ0n) is 9.21. The van der Waals surface area contributed by atoms with Gasteiger partial charge >= 0.3 is 0 Å². The fourth-order valence-electron chi connectivity index (χ4n) is 0.788. The highest BCUT2D eigenvalue weighted by Gasteiger charge is 1.95. The zero-order chi connectivity index (χ0) is 10.1. The van der Waals surface area contributed by atoms with E-state index in [0.29, 0.717) is 18.0 Å². The van der Waals surface area contributed by atoms with Crippen LogP contribution in [0.25, 0.3) is 0 Å². The van der Waals surface area contributed by atoms with Gasteiger partial charge in [0.1, 0.15) is 0 Å². The van der Waals surface area contributed by atoms with Crippen molar-refractivity contribution in [1.29, 1.82) is 0 Å². The molecule has 0 saturated carbocycles. The van der Waals surface area contributed by atoms with E-state index in [4.69, 9.17) is 9.47 Å². The Balaban J connectivity index is 2.92. The zero-order valence-corrected chi connectivity index (χ0v) is 10.0. The molecule has 0 aromatic carbocycles. The number of rotatable bonds is 8. The van der Waals surface area contributed by atoms with Crippen LogP contribution in [0.2, 0.25) is 0 Å². The Bertz CT molecular complexity index is 93.1. The molecule has 0 aliphatic carbocycles. The predicted octanol–water partition coefficient (Wildman–Crippen LogP) is 2.57. The third kappa shape index (κ3) is 12.3. The minimum atomic E-state index is 0.314. The first-order valence-electron chi connectivity index (χ1n) is 4.94. The van der Waals surface area contributed by atoms with Crippen LogP contribution in [0.1, 0.15) is 27.7 Å². The summed E-state index contributed by atoms with van der Waals surface area (Å²) in [6.07, 6.45) is 0.314. The topological polar surface area (TPSA) is 18.5 Å². The maximum absolute atomic E-state index is 5.39. The number of hydrogen-bond acceptors (Lipinski definition) is 3. The minimum absolute atomic E-state index is 0.314. The Labute approximate surface area is 86.4 Å². The lowest BCUT2D eigenvalue weighted by Crippen LogP contribution is -2.11. The lowest BCUT2D eigenvalue weighted by atomic mass is 10.5. The van der Waals surface area contributed by atoms with Crippen molar-refractivity contribution in [3.8, 4) is 0 Å². The first kappa shape index (κ1) is 13.3. The fraction of sp³-hybridized carbons (Fsp3) is 1.00. The molecule has 13 heavy (non-hydrogen) atoms. The average molecular weight is 206 g/mol. The van der Waals surface area contributed by atoms with E-state index in [1.54, 1.807) is 0 Å². The van der Waals surface area contributed by atoms with Crippen molar-refractivity contribution >= 4 is 11.8 Å². The molecule has 0 aliphatic rings. The van der Waals surface area contributed by atoms with Gasteiger partial charge < -0.3 is 9.47 Å². The van der Waals surface area contributed by atoms with Crippen LogP contribution in [0.3, 0.4) is 0 Å². The maximum atomic E-state index is 5.39. The molecular formula is C10H22O2S. The van der Waals surface area contributed by atoms with Gasteiger partial charge in [-0.3, -0.25) is 0 Å². The van der Waals surface area contributed by atoms with E-state index < -0.39 is 0 Å². The van der Waals surface area contributed by atoms with Gasteiger partial charge in [-0.05, 0) is 19.1 Å². The molecule has 0 aliphatic heterocycles. The molecular weight excluding hydrogens is 184 g/mol. The summed E-state index contributed by atoms with van der Waals surface area (Å²) in [5.41, 5.74) is 0. The molecule has 0 atom stereocenters. The highest BCUT2D eigenvalue weighted by molar-refractivity contribution is 7.99. The van der Waals surface area contributed by atoms with Gasteiger partial charge in [0.2, 0.25) is 0 Å². The van der Waals surface area contributed by atoms with E-state index in [9.17, 15) is 0 Å². The minimum Gasteiger partial charge on any atom is -0.378 e. The highest BCUT2D eigenvalue weighted by Crippen LogP contribution is 2.07. The number of ether oxygens (including phenoxy) is 2. The summed E-state index contributed by atoms with van der Waals surface area (Å²) in [6.45, 7) is 10.7. The van der Waals surface area contributed by atoms with Crippen LogP contribution in [0.5, 0.6) is 0 Å². The number of thioether (sulfide) groups is 1. The van der Waals surface area contributed by atoms with Crippen LogP contribution in [-0.2, 0) is 9.47 Å². The Morgan fingerprint density at radius 2 is 1.69 bits per heavy atom. The van der Waals surface area contributed by atoms with Crippen LogP contribution >= 0.6 is 11.8 Å². The summed E-state index contributed by atoms with van der Waals surface area (Å²) in [5, 5.41) is 0.704. The molecule has 0 aromatic rings. The largest absolute Gasteiger partial charge is 0.378 e. The van der Waals surface area contributed by atoms with Crippen molar-refractivity contribution < 1.29 is 9.47 Å². The van der Waals surface area contributed by atoms with Crippen LogP contribution in [-0.4, -0.2) is 36.9 Å². The Hall–Kier alpha value is 0.270. The van der Waals surface area contributed by atoms with E-state index in [0.717, 1.165) is 19.0 Å². The SMILES string of the molecule is CC(C)OCCOCCSC(C)C. The molecule has 3 heteroatoms. The smallest absolute Gasteiger partial charge is 0.0703 e. The van der Waals surface area contributed by atoms with Gasteiger partial charge in [0.25, 0.3) is 0 Å². The van der Waals surface area contributed by atoms with Gasteiger partial charge in [-0.25, -0.2) is 0 Å². The van der Waals surface area contributed by atoms with Gasteiger partial charge in [-0.1, -0.05) is 13.8 Å². The lowest BCUT2D eigenvalue weighted by Gasteiger charge is -2.08. The highest BCUT2D eigenvalue weighted by atomic mass is 32.2. The molecule has 0 bridgehead atoms. The average Bonchev–Trinajstić information content (AvgIpc) is 2.01. The predicted molar refractivity (Wildman–Crippen MR) is 59.5 cm³/mol. The van der Waals surface area contributed by atoms with Crippen molar-refractivity contribution in [2.75, 3.05) is 25.6 Å². The summed E-state index contributed by atoms with van der Waals surface area (Å²) in [5.74, 6) is 1.08. The van der Waals surface area contributed by atoms with E-state index in [-0.39, 0.29) is 0 Å². The summed E-state index contributed by atoms with van der Waals surface area (Å²) in [6, 6.07) is 0. The van der Waals surface area contributed by atoms with Crippen molar-refractivity contribution in [2.45, 2.75) is 39.0 Å². The van der Waals surface area contributed by atoms with E-state index >= 15 is 0 Å². The third-order valence-corrected chi connectivity index (χ3v) is 2.43. The Kier molecular flexibility index (Phi) is 9.03. The molecule has 0 rings (SSSR count). The normalized spacial score (nSPS) is 11.5. The summed E-state index contributed by atoms with van der Waals surface area (Å²) < 4.78 is 10.7. The first-order chi connectivity index (χ1) is 6.13. The number of hydrogen-bond donors (Lipinski definition) is 0. The molecule has 0 unspecified atom stereocenters. The first-order valence-corrected chi connectivity index (χ1v) is 5.98. The Morgan fingerprint density at radius 3 is 2.23 bits per heavy atom. The monoisotopic (exact) mass is 206 g/mol. The molecule has 0 radical (unpaired) electrons. The van der Waals surface area contributed by atoms with Gasteiger partial charge in [-0.15, -0.1) is 0 Å². The summed E-state index contributed by atoms with van der Waals surface area (Å²) >= 11 is 1.93. The van der Waals surface area contributed by atoms with Crippen LogP contribution in [0, 0.1) is 0 Å². The van der Waals surface area contributed by atoms with Crippen molar-refractivity contribution in [3.63, 3.8) is 0 Å². The van der Waals surface area contributed by atoms with Crippen LogP contribution < -0.4 is 0 Å². The molecule has 2 nitrogen and oxygen atoms in total. The van der Waals surface area contributed by atoms with Crippen molar-refractivity contribution in [2.24, 2.45) is 0 Å². The molecule has 0 spiro atoms. The summed E-state index contributed by atoms with van der Waals surface area (Å²) in [7, 11) is 0. The molecule has 0 amide bonds. The van der Waals surface area contributed by atoms with Crippen molar-refractivity contribution in [3.05, 3.63) is 0 Å². The Morgan fingerprint density at radius 1 is 1.00 bits per heavy atom. The van der Waals surface area contributed by atoms with Gasteiger partial charge in [0, 0.05) is 5.75 Å². The molecule has 80 valence electrons. The van der Waals surface area contributed by atoms with Crippen LogP contribution in [0.4, 0.5) is 0 Å². The second-order valence-corrected chi connectivity index (χ2v) is 5.14. The third-order valence-electron chi connectivity index (χ3n) is 1.36. The summed E-state index contributed by atoms with van der Waals surface area (Å²) in [4.78, 5) is 0. The van der Waals surface area contributed by atoms with E-state index in [1.165, 1.54) is 0 Å².